The Balaban J connectivity index is 2.19. The summed E-state index contributed by atoms with van der Waals surface area (Å²) < 4.78 is 0. The summed E-state index contributed by atoms with van der Waals surface area (Å²) in [7, 11) is 0. The fraction of sp³-hybridized carbons (Fsp3) is 0.133. The molecule has 0 saturated heterocycles. The summed E-state index contributed by atoms with van der Waals surface area (Å²) >= 11 is 12.0. The van der Waals surface area contributed by atoms with Crippen LogP contribution in [-0.2, 0) is 0 Å². The number of halogens is 2. The van der Waals surface area contributed by atoms with E-state index in [1.807, 2.05) is 6.92 Å². The van der Waals surface area contributed by atoms with E-state index in [0.717, 1.165) is 5.56 Å². The minimum Gasteiger partial charge on any atom is -0.267 e. The average molecular weight is 322 g/mol. The summed E-state index contributed by atoms with van der Waals surface area (Å²) in [5, 5.41) is 5.21. The van der Waals surface area contributed by atoms with Crippen LogP contribution < -0.4 is 5.43 Å². The molecule has 1 amide bonds. The molecule has 0 aliphatic rings. The Morgan fingerprint density at radius 2 is 1.95 bits per heavy atom. The van der Waals surface area contributed by atoms with Gasteiger partial charge in [0.1, 0.15) is 0 Å². The number of benzene rings is 1. The van der Waals surface area contributed by atoms with E-state index in [4.69, 9.17) is 23.2 Å². The molecule has 0 atom stereocenters. The molecule has 0 unspecified atom stereocenters. The molecule has 1 N–H and O–H groups in total. The molecule has 21 heavy (non-hydrogen) atoms. The number of pyridine rings is 1. The SMILES string of the molecule is CC/C(=N/NC(=O)c1ccncc1)c1ccc(Cl)cc1Cl. The number of rotatable bonds is 4. The van der Waals surface area contributed by atoms with E-state index in [9.17, 15) is 4.79 Å². The van der Waals surface area contributed by atoms with E-state index in [1.54, 1.807) is 42.7 Å². The molecule has 6 heteroatoms. The van der Waals surface area contributed by atoms with Crippen LogP contribution in [-0.4, -0.2) is 16.6 Å². The lowest BCUT2D eigenvalue weighted by atomic mass is 10.1. The second-order valence-corrected chi connectivity index (χ2v) is 5.06. The maximum atomic E-state index is 11.9. The lowest BCUT2D eigenvalue weighted by Crippen LogP contribution is -2.20. The van der Waals surface area contributed by atoms with Gasteiger partial charge in [-0.05, 0) is 30.7 Å². The van der Waals surface area contributed by atoms with Gasteiger partial charge in [0.15, 0.2) is 0 Å². The lowest BCUT2D eigenvalue weighted by Gasteiger charge is -2.07. The Labute approximate surface area is 132 Å². The summed E-state index contributed by atoms with van der Waals surface area (Å²) in [5.41, 5.74) is 4.44. The second kappa shape index (κ2) is 7.20. The minimum absolute atomic E-state index is 0.298. The van der Waals surface area contributed by atoms with Gasteiger partial charge >= 0.3 is 0 Å². The van der Waals surface area contributed by atoms with Crippen molar-refractivity contribution in [2.45, 2.75) is 13.3 Å². The summed E-state index contributed by atoms with van der Waals surface area (Å²) in [6.45, 7) is 1.93. The summed E-state index contributed by atoms with van der Waals surface area (Å²) in [6, 6.07) is 8.40. The maximum Gasteiger partial charge on any atom is 0.271 e. The van der Waals surface area contributed by atoms with E-state index >= 15 is 0 Å². The first kappa shape index (κ1) is 15.5. The molecule has 1 aromatic carbocycles. The number of amides is 1. The van der Waals surface area contributed by atoms with Crippen molar-refractivity contribution in [1.29, 1.82) is 0 Å². The van der Waals surface area contributed by atoms with Crippen molar-refractivity contribution in [1.82, 2.24) is 10.4 Å². The Morgan fingerprint density at radius 1 is 1.24 bits per heavy atom. The van der Waals surface area contributed by atoms with Gasteiger partial charge < -0.3 is 0 Å². The van der Waals surface area contributed by atoms with Gasteiger partial charge in [-0.3, -0.25) is 9.78 Å². The van der Waals surface area contributed by atoms with Crippen molar-refractivity contribution in [2.75, 3.05) is 0 Å². The third kappa shape index (κ3) is 4.03. The van der Waals surface area contributed by atoms with Crippen molar-refractivity contribution >= 4 is 34.8 Å². The van der Waals surface area contributed by atoms with Crippen molar-refractivity contribution in [3.05, 3.63) is 63.9 Å². The maximum absolute atomic E-state index is 11.9. The molecular weight excluding hydrogens is 309 g/mol. The quantitative estimate of drug-likeness (QED) is 0.685. The zero-order chi connectivity index (χ0) is 15.2. The molecule has 2 rings (SSSR count). The summed E-state index contributed by atoms with van der Waals surface area (Å²) in [5.74, 6) is -0.298. The van der Waals surface area contributed by atoms with Crippen molar-refractivity contribution in [3.8, 4) is 0 Å². The second-order valence-electron chi connectivity index (χ2n) is 4.21. The molecule has 0 bridgehead atoms. The van der Waals surface area contributed by atoms with Gasteiger partial charge in [-0.15, -0.1) is 0 Å². The lowest BCUT2D eigenvalue weighted by molar-refractivity contribution is 0.0954. The third-order valence-corrected chi connectivity index (χ3v) is 3.36. The van der Waals surface area contributed by atoms with Gasteiger partial charge in [0.05, 0.1) is 10.7 Å². The number of hydrogen-bond donors (Lipinski definition) is 1. The van der Waals surface area contributed by atoms with Gasteiger partial charge in [0.2, 0.25) is 0 Å². The van der Waals surface area contributed by atoms with Gasteiger partial charge in [0.25, 0.3) is 5.91 Å². The third-order valence-electron chi connectivity index (χ3n) is 2.81. The summed E-state index contributed by atoms with van der Waals surface area (Å²) in [4.78, 5) is 15.8. The fourth-order valence-electron chi connectivity index (χ4n) is 1.74. The van der Waals surface area contributed by atoms with Gasteiger partial charge in [-0.2, -0.15) is 5.10 Å². The molecule has 1 heterocycles. The fourth-order valence-corrected chi connectivity index (χ4v) is 2.26. The zero-order valence-corrected chi connectivity index (χ0v) is 12.8. The molecular formula is C15H13Cl2N3O. The van der Waals surface area contributed by atoms with E-state index in [0.29, 0.717) is 27.7 Å². The minimum atomic E-state index is -0.298. The van der Waals surface area contributed by atoms with E-state index < -0.39 is 0 Å². The number of hydrogen-bond acceptors (Lipinski definition) is 3. The molecule has 0 spiro atoms. The monoisotopic (exact) mass is 321 g/mol. The van der Waals surface area contributed by atoms with Crippen LogP contribution >= 0.6 is 23.2 Å². The largest absolute Gasteiger partial charge is 0.271 e. The first-order valence-electron chi connectivity index (χ1n) is 6.34. The van der Waals surface area contributed by atoms with Crippen LogP contribution in [0.15, 0.2) is 47.8 Å². The van der Waals surface area contributed by atoms with Crippen LogP contribution in [0, 0.1) is 0 Å². The molecule has 108 valence electrons. The van der Waals surface area contributed by atoms with E-state index in [1.165, 1.54) is 0 Å². The van der Waals surface area contributed by atoms with Gasteiger partial charge in [0, 0.05) is 28.5 Å². The van der Waals surface area contributed by atoms with Crippen molar-refractivity contribution in [2.24, 2.45) is 5.10 Å². The smallest absolute Gasteiger partial charge is 0.267 e. The highest BCUT2D eigenvalue weighted by Gasteiger charge is 2.09. The number of carbonyl (C=O) groups excluding carboxylic acids is 1. The normalized spacial score (nSPS) is 11.3. The van der Waals surface area contributed by atoms with Crippen LogP contribution in [0.2, 0.25) is 10.0 Å². The topological polar surface area (TPSA) is 54.4 Å². The zero-order valence-electron chi connectivity index (χ0n) is 11.3. The molecule has 0 fully saturated rings. The Hall–Kier alpha value is -1.91. The Kier molecular flexibility index (Phi) is 5.31. The first-order chi connectivity index (χ1) is 10.1. The highest BCUT2D eigenvalue weighted by Crippen LogP contribution is 2.22. The number of nitrogens with zero attached hydrogens (tertiary/aromatic N) is 2. The Bertz CT molecular complexity index is 672. The number of carbonyl (C=O) groups is 1. The highest BCUT2D eigenvalue weighted by atomic mass is 35.5. The average Bonchev–Trinajstić information content (AvgIpc) is 2.50. The van der Waals surface area contributed by atoms with Gasteiger partial charge in [-0.1, -0.05) is 36.2 Å². The first-order valence-corrected chi connectivity index (χ1v) is 7.09. The molecule has 1 aromatic heterocycles. The van der Waals surface area contributed by atoms with Gasteiger partial charge in [-0.25, -0.2) is 5.43 Å². The molecule has 0 aliphatic carbocycles. The molecule has 4 nitrogen and oxygen atoms in total. The van der Waals surface area contributed by atoms with Crippen molar-refractivity contribution in [3.63, 3.8) is 0 Å². The number of hydrazone groups is 1. The van der Waals surface area contributed by atoms with Crippen LogP contribution in [0.1, 0.15) is 29.3 Å². The standard InChI is InChI=1S/C15H13Cl2N3O/c1-2-14(12-4-3-11(16)9-13(12)17)19-20-15(21)10-5-7-18-8-6-10/h3-9H,2H2,1H3,(H,20,21)/b19-14-. The summed E-state index contributed by atoms with van der Waals surface area (Å²) in [6.07, 6.45) is 3.73. The predicted octanol–water partition coefficient (Wildman–Crippen LogP) is 3.93. The van der Waals surface area contributed by atoms with Crippen LogP contribution in [0.4, 0.5) is 0 Å². The van der Waals surface area contributed by atoms with Crippen LogP contribution in [0.3, 0.4) is 0 Å². The molecule has 0 aliphatic heterocycles. The molecule has 2 aromatic rings. The van der Waals surface area contributed by atoms with Crippen LogP contribution in [0.5, 0.6) is 0 Å². The van der Waals surface area contributed by atoms with Crippen LogP contribution in [0.25, 0.3) is 0 Å². The number of aromatic nitrogens is 1. The molecule has 0 radical (unpaired) electrons. The predicted molar refractivity (Wildman–Crippen MR) is 85.0 cm³/mol. The van der Waals surface area contributed by atoms with Crippen molar-refractivity contribution < 1.29 is 4.79 Å². The Morgan fingerprint density at radius 3 is 2.57 bits per heavy atom. The van der Waals surface area contributed by atoms with E-state index in [2.05, 4.69) is 15.5 Å². The number of nitrogens with one attached hydrogen (secondary N) is 1. The molecule has 0 saturated carbocycles. The van der Waals surface area contributed by atoms with E-state index in [-0.39, 0.29) is 5.91 Å². The highest BCUT2D eigenvalue weighted by molar-refractivity contribution is 6.37.